The number of hydrogen-bond acceptors (Lipinski definition) is 3. The molecule has 0 aliphatic carbocycles. The van der Waals surface area contributed by atoms with Crippen LogP contribution in [0.3, 0.4) is 0 Å². The van der Waals surface area contributed by atoms with Gasteiger partial charge in [-0.2, -0.15) is 0 Å². The zero-order chi connectivity index (χ0) is 12.3. The Morgan fingerprint density at radius 2 is 2.35 bits per heavy atom. The SMILES string of the molecule is CCN1CCOC(CN)C1c1cccc(F)c1. The van der Waals surface area contributed by atoms with Crippen molar-refractivity contribution in [2.24, 2.45) is 5.73 Å². The van der Waals surface area contributed by atoms with Crippen LogP contribution in [0, 0.1) is 5.82 Å². The highest BCUT2D eigenvalue weighted by atomic mass is 19.1. The van der Waals surface area contributed by atoms with Gasteiger partial charge in [0.05, 0.1) is 18.8 Å². The van der Waals surface area contributed by atoms with Crippen LogP contribution in [0.4, 0.5) is 4.39 Å². The maximum atomic E-state index is 13.3. The highest BCUT2D eigenvalue weighted by Gasteiger charge is 2.31. The van der Waals surface area contributed by atoms with E-state index in [-0.39, 0.29) is 18.0 Å². The van der Waals surface area contributed by atoms with Gasteiger partial charge in [-0.25, -0.2) is 4.39 Å². The lowest BCUT2D eigenvalue weighted by Crippen LogP contribution is -2.48. The molecule has 1 fully saturated rings. The fraction of sp³-hybridized carbons (Fsp3) is 0.538. The van der Waals surface area contributed by atoms with E-state index in [0.717, 1.165) is 18.7 Å². The number of benzene rings is 1. The van der Waals surface area contributed by atoms with Gasteiger partial charge in [-0.3, -0.25) is 4.90 Å². The minimum absolute atomic E-state index is 0.0505. The fourth-order valence-electron chi connectivity index (χ4n) is 2.45. The standard InChI is InChI=1S/C13H19FN2O/c1-2-16-6-7-17-12(9-15)13(16)10-4-3-5-11(14)8-10/h3-5,8,12-13H,2,6-7,9,15H2,1H3. The molecule has 1 saturated heterocycles. The van der Waals surface area contributed by atoms with Crippen molar-refractivity contribution in [3.8, 4) is 0 Å². The van der Waals surface area contributed by atoms with Gasteiger partial charge in [-0.15, -0.1) is 0 Å². The molecule has 2 N–H and O–H groups in total. The lowest BCUT2D eigenvalue weighted by molar-refractivity contribution is -0.0659. The number of morpholine rings is 1. The number of nitrogens with two attached hydrogens (primary N) is 1. The highest BCUT2D eigenvalue weighted by molar-refractivity contribution is 5.22. The number of nitrogens with zero attached hydrogens (tertiary/aromatic N) is 1. The molecule has 0 aromatic heterocycles. The molecular weight excluding hydrogens is 219 g/mol. The molecule has 0 amide bonds. The van der Waals surface area contributed by atoms with Crippen LogP contribution in [0.2, 0.25) is 0 Å². The van der Waals surface area contributed by atoms with Crippen LogP contribution in [0.15, 0.2) is 24.3 Å². The fourth-order valence-corrected chi connectivity index (χ4v) is 2.45. The normalized spacial score (nSPS) is 26.1. The zero-order valence-corrected chi connectivity index (χ0v) is 10.1. The van der Waals surface area contributed by atoms with Gasteiger partial charge < -0.3 is 10.5 Å². The second-order valence-corrected chi connectivity index (χ2v) is 4.27. The van der Waals surface area contributed by atoms with Gasteiger partial charge in [-0.1, -0.05) is 19.1 Å². The van der Waals surface area contributed by atoms with Crippen LogP contribution >= 0.6 is 0 Å². The molecule has 0 spiro atoms. The lowest BCUT2D eigenvalue weighted by Gasteiger charge is -2.40. The van der Waals surface area contributed by atoms with E-state index in [1.165, 1.54) is 6.07 Å². The number of ether oxygens (including phenoxy) is 1. The number of rotatable bonds is 3. The molecule has 1 heterocycles. The Labute approximate surface area is 101 Å². The van der Waals surface area contributed by atoms with Crippen molar-refractivity contribution in [2.75, 3.05) is 26.2 Å². The molecule has 1 aliphatic heterocycles. The summed E-state index contributed by atoms with van der Waals surface area (Å²) in [4.78, 5) is 2.29. The number of halogens is 1. The van der Waals surface area contributed by atoms with Gasteiger partial charge in [0.15, 0.2) is 0 Å². The summed E-state index contributed by atoms with van der Waals surface area (Å²) in [6.45, 7) is 5.04. The van der Waals surface area contributed by atoms with Crippen LogP contribution in [0.5, 0.6) is 0 Å². The Kier molecular flexibility index (Phi) is 4.10. The molecule has 0 bridgehead atoms. The van der Waals surface area contributed by atoms with E-state index in [0.29, 0.717) is 13.2 Å². The average molecular weight is 238 g/mol. The average Bonchev–Trinajstić information content (AvgIpc) is 2.37. The van der Waals surface area contributed by atoms with Crippen molar-refractivity contribution in [2.45, 2.75) is 19.1 Å². The topological polar surface area (TPSA) is 38.5 Å². The maximum Gasteiger partial charge on any atom is 0.123 e. The van der Waals surface area contributed by atoms with Crippen molar-refractivity contribution < 1.29 is 9.13 Å². The van der Waals surface area contributed by atoms with Gasteiger partial charge >= 0.3 is 0 Å². The summed E-state index contributed by atoms with van der Waals surface area (Å²) in [5, 5.41) is 0. The van der Waals surface area contributed by atoms with E-state index in [9.17, 15) is 4.39 Å². The molecule has 1 aromatic carbocycles. The van der Waals surface area contributed by atoms with Crippen LogP contribution < -0.4 is 5.73 Å². The van der Waals surface area contributed by atoms with Crippen molar-refractivity contribution >= 4 is 0 Å². The molecule has 1 aliphatic rings. The van der Waals surface area contributed by atoms with Gasteiger partial charge in [0, 0.05) is 13.1 Å². The van der Waals surface area contributed by atoms with Crippen LogP contribution in [-0.4, -0.2) is 37.2 Å². The first-order chi connectivity index (χ1) is 8.26. The first-order valence-electron chi connectivity index (χ1n) is 6.07. The van der Waals surface area contributed by atoms with E-state index in [1.54, 1.807) is 12.1 Å². The minimum Gasteiger partial charge on any atom is -0.374 e. The monoisotopic (exact) mass is 238 g/mol. The summed E-state index contributed by atoms with van der Waals surface area (Å²) in [7, 11) is 0. The molecule has 17 heavy (non-hydrogen) atoms. The van der Waals surface area contributed by atoms with Crippen molar-refractivity contribution in [1.82, 2.24) is 4.90 Å². The predicted molar refractivity (Wildman–Crippen MR) is 65.2 cm³/mol. The summed E-state index contributed by atoms with van der Waals surface area (Å²) in [5.41, 5.74) is 6.69. The number of hydrogen-bond donors (Lipinski definition) is 1. The van der Waals surface area contributed by atoms with Gasteiger partial charge in [0.1, 0.15) is 5.82 Å². The first kappa shape index (κ1) is 12.5. The van der Waals surface area contributed by atoms with E-state index < -0.39 is 0 Å². The molecule has 2 unspecified atom stereocenters. The highest BCUT2D eigenvalue weighted by Crippen LogP contribution is 2.29. The first-order valence-corrected chi connectivity index (χ1v) is 6.07. The van der Waals surface area contributed by atoms with E-state index in [4.69, 9.17) is 10.5 Å². The third-order valence-corrected chi connectivity index (χ3v) is 3.28. The minimum atomic E-state index is -0.208. The van der Waals surface area contributed by atoms with Crippen LogP contribution in [-0.2, 0) is 4.74 Å². The summed E-state index contributed by atoms with van der Waals surface area (Å²) in [6, 6.07) is 6.77. The summed E-state index contributed by atoms with van der Waals surface area (Å²) < 4.78 is 19.0. The second kappa shape index (κ2) is 5.58. The molecule has 2 atom stereocenters. The number of likely N-dealkylation sites (N-methyl/N-ethyl adjacent to an activating group) is 1. The van der Waals surface area contributed by atoms with Gasteiger partial charge in [0.2, 0.25) is 0 Å². The van der Waals surface area contributed by atoms with E-state index in [2.05, 4.69) is 11.8 Å². The molecular formula is C13H19FN2O. The second-order valence-electron chi connectivity index (χ2n) is 4.27. The Hall–Kier alpha value is -0.970. The zero-order valence-electron chi connectivity index (χ0n) is 10.1. The van der Waals surface area contributed by atoms with E-state index >= 15 is 0 Å². The Balaban J connectivity index is 2.29. The van der Waals surface area contributed by atoms with Gasteiger partial charge in [0.25, 0.3) is 0 Å². The third kappa shape index (κ3) is 2.65. The van der Waals surface area contributed by atoms with E-state index in [1.807, 2.05) is 6.07 Å². The summed E-state index contributed by atoms with van der Waals surface area (Å²) in [6.07, 6.45) is -0.0505. The molecule has 4 heteroatoms. The molecule has 0 saturated carbocycles. The van der Waals surface area contributed by atoms with Gasteiger partial charge in [-0.05, 0) is 24.2 Å². The molecule has 3 nitrogen and oxygen atoms in total. The van der Waals surface area contributed by atoms with Crippen LogP contribution in [0.1, 0.15) is 18.5 Å². The van der Waals surface area contributed by atoms with Crippen molar-refractivity contribution in [3.05, 3.63) is 35.6 Å². The molecule has 2 rings (SSSR count). The Morgan fingerprint density at radius 1 is 1.53 bits per heavy atom. The van der Waals surface area contributed by atoms with Crippen LogP contribution in [0.25, 0.3) is 0 Å². The summed E-state index contributed by atoms with van der Waals surface area (Å²) >= 11 is 0. The summed E-state index contributed by atoms with van der Waals surface area (Å²) in [5.74, 6) is -0.208. The predicted octanol–water partition coefficient (Wildman–Crippen LogP) is 1.55. The smallest absolute Gasteiger partial charge is 0.123 e. The van der Waals surface area contributed by atoms with Crippen molar-refractivity contribution in [3.63, 3.8) is 0 Å². The Morgan fingerprint density at radius 3 is 3.00 bits per heavy atom. The maximum absolute atomic E-state index is 13.3. The molecule has 1 aromatic rings. The van der Waals surface area contributed by atoms with Crippen molar-refractivity contribution in [1.29, 1.82) is 0 Å². The largest absolute Gasteiger partial charge is 0.374 e. The molecule has 0 radical (unpaired) electrons. The lowest BCUT2D eigenvalue weighted by atomic mass is 9.98. The third-order valence-electron chi connectivity index (χ3n) is 3.28. The Bertz CT molecular complexity index is 360. The molecule has 94 valence electrons. The quantitative estimate of drug-likeness (QED) is 0.868.